The van der Waals surface area contributed by atoms with Crippen LogP contribution in [0.2, 0.25) is 0 Å². The highest BCUT2D eigenvalue weighted by Crippen LogP contribution is 2.43. The molecule has 2 aliphatic rings. The van der Waals surface area contributed by atoms with E-state index in [1.165, 1.54) is 4.80 Å². The van der Waals surface area contributed by atoms with Gasteiger partial charge in [-0.05, 0) is 41.7 Å². The highest BCUT2D eigenvalue weighted by Gasteiger charge is 2.34. The van der Waals surface area contributed by atoms with E-state index in [2.05, 4.69) is 20.7 Å². The lowest BCUT2D eigenvalue weighted by atomic mass is 10.0. The Kier molecular flexibility index (Phi) is 4.59. The predicted molar refractivity (Wildman–Crippen MR) is 104 cm³/mol. The van der Waals surface area contributed by atoms with Crippen molar-refractivity contribution in [2.24, 2.45) is 5.92 Å². The molecule has 1 saturated carbocycles. The molecule has 2 heterocycles. The molecule has 148 valence electrons. The standard InChI is InChI=1S/C21H21N5O3/c27-19(13-26-24-21(23-25-26)15-4-2-1-3-5-15)22-20(14-6-7-14)16-8-9-17-18(12-16)29-11-10-28-17/h1-5,8-9,12,14,20H,6-7,10-11,13H2,(H,22,27). The van der Waals surface area contributed by atoms with Gasteiger partial charge in [-0.25, -0.2) is 0 Å². The van der Waals surface area contributed by atoms with Gasteiger partial charge in [0, 0.05) is 5.56 Å². The molecule has 0 saturated heterocycles. The fraction of sp³-hybridized carbons (Fsp3) is 0.333. The first-order chi connectivity index (χ1) is 14.3. The van der Waals surface area contributed by atoms with Crippen LogP contribution in [0.4, 0.5) is 0 Å². The molecule has 2 aromatic carbocycles. The van der Waals surface area contributed by atoms with E-state index in [0.29, 0.717) is 25.0 Å². The summed E-state index contributed by atoms with van der Waals surface area (Å²) in [5.41, 5.74) is 1.90. The number of hydrogen-bond donors (Lipinski definition) is 1. The Morgan fingerprint density at radius 3 is 2.69 bits per heavy atom. The van der Waals surface area contributed by atoms with Gasteiger partial charge in [-0.2, -0.15) is 4.80 Å². The first kappa shape index (κ1) is 17.7. The molecule has 0 radical (unpaired) electrons. The number of tetrazole rings is 1. The molecule has 8 nitrogen and oxygen atoms in total. The quantitative estimate of drug-likeness (QED) is 0.694. The molecule has 1 unspecified atom stereocenters. The van der Waals surface area contributed by atoms with Gasteiger partial charge < -0.3 is 14.8 Å². The summed E-state index contributed by atoms with van der Waals surface area (Å²) >= 11 is 0. The van der Waals surface area contributed by atoms with Crippen molar-refractivity contribution in [1.29, 1.82) is 0 Å². The van der Waals surface area contributed by atoms with E-state index >= 15 is 0 Å². The molecular formula is C21H21N5O3. The van der Waals surface area contributed by atoms with E-state index in [9.17, 15) is 4.79 Å². The largest absolute Gasteiger partial charge is 0.486 e. The fourth-order valence-corrected chi connectivity index (χ4v) is 3.52. The zero-order chi connectivity index (χ0) is 19.6. The van der Waals surface area contributed by atoms with Gasteiger partial charge in [0.15, 0.2) is 11.5 Å². The lowest BCUT2D eigenvalue weighted by molar-refractivity contribution is -0.123. The third-order valence-corrected chi connectivity index (χ3v) is 5.11. The second kappa shape index (κ2) is 7.54. The molecule has 29 heavy (non-hydrogen) atoms. The van der Waals surface area contributed by atoms with Gasteiger partial charge in [-0.3, -0.25) is 4.79 Å². The molecule has 1 aliphatic carbocycles. The van der Waals surface area contributed by atoms with Crippen LogP contribution in [0, 0.1) is 5.92 Å². The topological polar surface area (TPSA) is 91.2 Å². The number of rotatable bonds is 6. The summed E-state index contributed by atoms with van der Waals surface area (Å²) in [7, 11) is 0. The Hall–Kier alpha value is -3.42. The van der Waals surface area contributed by atoms with Crippen molar-refractivity contribution in [3.05, 3.63) is 54.1 Å². The van der Waals surface area contributed by atoms with Crippen molar-refractivity contribution in [3.63, 3.8) is 0 Å². The molecule has 5 rings (SSSR count). The normalized spacial score (nSPS) is 16.3. The maximum absolute atomic E-state index is 12.7. The molecule has 1 aromatic heterocycles. The summed E-state index contributed by atoms with van der Waals surface area (Å²) in [5, 5.41) is 15.5. The number of amides is 1. The third-order valence-electron chi connectivity index (χ3n) is 5.11. The lowest BCUT2D eigenvalue weighted by Crippen LogP contribution is -2.33. The first-order valence-electron chi connectivity index (χ1n) is 9.78. The smallest absolute Gasteiger partial charge is 0.244 e. The van der Waals surface area contributed by atoms with Gasteiger partial charge in [0.2, 0.25) is 11.7 Å². The van der Waals surface area contributed by atoms with Crippen molar-refractivity contribution in [2.45, 2.75) is 25.4 Å². The number of aromatic nitrogens is 4. The molecular weight excluding hydrogens is 370 g/mol. The fourth-order valence-electron chi connectivity index (χ4n) is 3.52. The number of carbonyl (C=O) groups excluding carboxylic acids is 1. The number of ether oxygens (including phenoxy) is 2. The van der Waals surface area contributed by atoms with Crippen molar-refractivity contribution in [1.82, 2.24) is 25.5 Å². The van der Waals surface area contributed by atoms with E-state index in [0.717, 1.165) is 35.5 Å². The average Bonchev–Trinajstić information content (AvgIpc) is 3.50. The van der Waals surface area contributed by atoms with Crippen LogP contribution < -0.4 is 14.8 Å². The Balaban J connectivity index is 1.28. The number of carbonyl (C=O) groups is 1. The number of nitrogens with one attached hydrogen (secondary N) is 1. The molecule has 1 atom stereocenters. The van der Waals surface area contributed by atoms with Gasteiger partial charge in [0.25, 0.3) is 0 Å². The number of benzene rings is 2. The molecule has 1 N–H and O–H groups in total. The molecule has 8 heteroatoms. The van der Waals surface area contributed by atoms with Crippen LogP contribution in [0.25, 0.3) is 11.4 Å². The molecule has 1 amide bonds. The zero-order valence-corrected chi connectivity index (χ0v) is 15.8. The summed E-state index contributed by atoms with van der Waals surface area (Å²) < 4.78 is 11.3. The summed E-state index contributed by atoms with van der Waals surface area (Å²) in [4.78, 5) is 14.0. The van der Waals surface area contributed by atoms with Gasteiger partial charge >= 0.3 is 0 Å². The van der Waals surface area contributed by atoms with Crippen LogP contribution in [0.15, 0.2) is 48.5 Å². The predicted octanol–water partition coefficient (Wildman–Crippen LogP) is 2.38. The van der Waals surface area contributed by atoms with Crippen LogP contribution in [-0.2, 0) is 11.3 Å². The maximum atomic E-state index is 12.7. The number of hydrogen-bond acceptors (Lipinski definition) is 6. The lowest BCUT2D eigenvalue weighted by Gasteiger charge is -2.23. The Labute approximate surface area is 167 Å². The Morgan fingerprint density at radius 1 is 1.10 bits per heavy atom. The molecule has 3 aromatic rings. The van der Waals surface area contributed by atoms with E-state index in [4.69, 9.17) is 9.47 Å². The van der Waals surface area contributed by atoms with Gasteiger partial charge in [-0.1, -0.05) is 36.4 Å². The minimum atomic E-state index is -0.145. The second-order valence-corrected chi connectivity index (χ2v) is 7.30. The molecule has 1 fully saturated rings. The van der Waals surface area contributed by atoms with Crippen LogP contribution in [0.5, 0.6) is 11.5 Å². The van der Waals surface area contributed by atoms with Crippen molar-refractivity contribution >= 4 is 5.91 Å². The van der Waals surface area contributed by atoms with Gasteiger partial charge in [0.1, 0.15) is 19.8 Å². The highest BCUT2D eigenvalue weighted by atomic mass is 16.6. The minimum Gasteiger partial charge on any atom is -0.486 e. The van der Waals surface area contributed by atoms with Crippen LogP contribution in [0.3, 0.4) is 0 Å². The first-order valence-corrected chi connectivity index (χ1v) is 9.78. The van der Waals surface area contributed by atoms with Gasteiger partial charge in [-0.15, -0.1) is 10.2 Å². The van der Waals surface area contributed by atoms with Crippen molar-refractivity contribution in [2.75, 3.05) is 13.2 Å². The summed E-state index contributed by atoms with van der Waals surface area (Å²) in [6.45, 7) is 1.12. The molecule has 1 aliphatic heterocycles. The average molecular weight is 391 g/mol. The van der Waals surface area contributed by atoms with E-state index in [-0.39, 0.29) is 18.5 Å². The number of nitrogens with zero attached hydrogens (tertiary/aromatic N) is 4. The van der Waals surface area contributed by atoms with Crippen LogP contribution in [-0.4, -0.2) is 39.3 Å². The summed E-state index contributed by atoms with van der Waals surface area (Å²) in [6, 6.07) is 15.4. The van der Waals surface area contributed by atoms with E-state index in [1.54, 1.807) is 0 Å². The van der Waals surface area contributed by atoms with Crippen molar-refractivity contribution < 1.29 is 14.3 Å². The second-order valence-electron chi connectivity index (χ2n) is 7.30. The maximum Gasteiger partial charge on any atom is 0.244 e. The molecule has 0 bridgehead atoms. The van der Waals surface area contributed by atoms with Crippen LogP contribution >= 0.6 is 0 Å². The minimum absolute atomic E-state index is 0.0214. The molecule has 0 spiro atoms. The summed E-state index contributed by atoms with van der Waals surface area (Å²) in [5.74, 6) is 2.28. The van der Waals surface area contributed by atoms with Gasteiger partial charge in [0.05, 0.1) is 6.04 Å². The van der Waals surface area contributed by atoms with E-state index in [1.807, 2.05) is 48.5 Å². The number of fused-ring (bicyclic) bond motifs is 1. The SMILES string of the molecule is O=C(Cn1nnc(-c2ccccc2)n1)NC(c1ccc2c(c1)OCCO2)C1CC1. The third kappa shape index (κ3) is 3.91. The van der Waals surface area contributed by atoms with Crippen LogP contribution in [0.1, 0.15) is 24.4 Å². The summed E-state index contributed by atoms with van der Waals surface area (Å²) in [6.07, 6.45) is 2.19. The highest BCUT2D eigenvalue weighted by molar-refractivity contribution is 5.76. The van der Waals surface area contributed by atoms with Crippen molar-refractivity contribution in [3.8, 4) is 22.9 Å². The van der Waals surface area contributed by atoms with E-state index < -0.39 is 0 Å². The Morgan fingerprint density at radius 2 is 1.90 bits per heavy atom. The monoisotopic (exact) mass is 391 g/mol. The Bertz CT molecular complexity index is 1020. The zero-order valence-electron chi connectivity index (χ0n) is 15.8.